The van der Waals surface area contributed by atoms with Crippen LogP contribution in [0.1, 0.15) is 36.9 Å². The van der Waals surface area contributed by atoms with E-state index in [2.05, 4.69) is 16.0 Å². The maximum atomic E-state index is 11.9. The summed E-state index contributed by atoms with van der Waals surface area (Å²) >= 11 is 0. The molecule has 1 heterocycles. The first-order valence-corrected chi connectivity index (χ1v) is 7.54. The topological polar surface area (TPSA) is 70.2 Å². The van der Waals surface area contributed by atoms with E-state index >= 15 is 0 Å². The van der Waals surface area contributed by atoms with Crippen molar-refractivity contribution in [1.82, 2.24) is 10.6 Å². The summed E-state index contributed by atoms with van der Waals surface area (Å²) in [5.74, 6) is 0.818. The van der Waals surface area contributed by atoms with Gasteiger partial charge in [-0.1, -0.05) is 12.1 Å². The van der Waals surface area contributed by atoms with Gasteiger partial charge >= 0.3 is 0 Å². The van der Waals surface area contributed by atoms with Crippen molar-refractivity contribution in [1.29, 1.82) is 0 Å². The molecule has 3 N–H and O–H groups in total. The second kappa shape index (κ2) is 5.85. The maximum Gasteiger partial charge on any atom is 0.234 e. The van der Waals surface area contributed by atoms with Crippen LogP contribution in [-0.2, 0) is 16.0 Å². The standard InChI is InChI=1S/C16H21N3O2/c1-10(18-16(21)9-17-8-11-2-3-11)12-4-5-14-13(6-12)7-15(20)19-14/h4-6,10-11,17H,2-3,7-9H2,1H3,(H,18,21)(H,19,20). The van der Waals surface area contributed by atoms with Crippen molar-refractivity contribution in [2.24, 2.45) is 5.92 Å². The fraction of sp³-hybridized carbons (Fsp3) is 0.500. The number of carbonyl (C=O) groups excluding carboxylic acids is 2. The third kappa shape index (κ3) is 3.61. The van der Waals surface area contributed by atoms with Crippen molar-refractivity contribution in [3.8, 4) is 0 Å². The highest BCUT2D eigenvalue weighted by Crippen LogP contribution is 2.27. The molecule has 21 heavy (non-hydrogen) atoms. The van der Waals surface area contributed by atoms with Crippen LogP contribution >= 0.6 is 0 Å². The van der Waals surface area contributed by atoms with Gasteiger partial charge in [-0.25, -0.2) is 0 Å². The molecule has 1 fully saturated rings. The minimum Gasteiger partial charge on any atom is -0.348 e. The summed E-state index contributed by atoms with van der Waals surface area (Å²) in [6.45, 7) is 3.27. The molecule has 1 aromatic rings. The van der Waals surface area contributed by atoms with E-state index in [1.807, 2.05) is 25.1 Å². The molecular formula is C16H21N3O2. The minimum atomic E-state index is -0.0544. The van der Waals surface area contributed by atoms with Gasteiger partial charge in [-0.2, -0.15) is 0 Å². The highest BCUT2D eigenvalue weighted by molar-refractivity contribution is 5.99. The third-order valence-electron chi connectivity index (χ3n) is 4.05. The number of hydrogen-bond acceptors (Lipinski definition) is 3. The Morgan fingerprint density at radius 2 is 2.24 bits per heavy atom. The van der Waals surface area contributed by atoms with Gasteiger partial charge in [0.15, 0.2) is 0 Å². The molecule has 2 amide bonds. The van der Waals surface area contributed by atoms with Gasteiger partial charge in [0.1, 0.15) is 0 Å². The number of anilines is 1. The second-order valence-electron chi connectivity index (χ2n) is 6.01. The quantitative estimate of drug-likeness (QED) is 0.740. The van der Waals surface area contributed by atoms with Crippen LogP contribution in [0.2, 0.25) is 0 Å². The molecule has 3 rings (SSSR count). The smallest absolute Gasteiger partial charge is 0.234 e. The van der Waals surface area contributed by atoms with E-state index in [-0.39, 0.29) is 17.9 Å². The third-order valence-corrected chi connectivity index (χ3v) is 4.05. The Labute approximate surface area is 124 Å². The van der Waals surface area contributed by atoms with Crippen molar-refractivity contribution < 1.29 is 9.59 Å². The summed E-state index contributed by atoms with van der Waals surface area (Å²) in [5.41, 5.74) is 2.92. The molecule has 1 saturated carbocycles. The maximum absolute atomic E-state index is 11.9. The van der Waals surface area contributed by atoms with E-state index in [9.17, 15) is 9.59 Å². The van der Waals surface area contributed by atoms with Crippen molar-refractivity contribution in [3.05, 3.63) is 29.3 Å². The molecular weight excluding hydrogens is 266 g/mol. The average Bonchev–Trinajstić information content (AvgIpc) is 3.17. The monoisotopic (exact) mass is 287 g/mol. The van der Waals surface area contributed by atoms with Gasteiger partial charge in [-0.3, -0.25) is 9.59 Å². The minimum absolute atomic E-state index is 0.0119. The molecule has 112 valence electrons. The molecule has 1 atom stereocenters. The van der Waals surface area contributed by atoms with Gasteiger partial charge in [0.2, 0.25) is 11.8 Å². The van der Waals surface area contributed by atoms with Crippen molar-refractivity contribution in [2.75, 3.05) is 18.4 Å². The Balaban J connectivity index is 1.52. The Morgan fingerprint density at radius 1 is 1.43 bits per heavy atom. The first-order chi connectivity index (χ1) is 10.1. The molecule has 0 bridgehead atoms. The first-order valence-electron chi connectivity index (χ1n) is 7.54. The molecule has 1 aliphatic carbocycles. The predicted molar refractivity (Wildman–Crippen MR) is 80.9 cm³/mol. The molecule has 5 heteroatoms. The van der Waals surface area contributed by atoms with E-state index in [4.69, 9.17) is 0 Å². The number of amides is 2. The second-order valence-corrected chi connectivity index (χ2v) is 6.01. The molecule has 1 unspecified atom stereocenters. The SMILES string of the molecule is CC(NC(=O)CNCC1CC1)c1ccc2c(c1)CC(=O)N2. The number of fused-ring (bicyclic) bond motifs is 1. The Kier molecular flexibility index (Phi) is 3.92. The van der Waals surface area contributed by atoms with Gasteiger partial charge in [-0.15, -0.1) is 0 Å². The highest BCUT2D eigenvalue weighted by atomic mass is 16.2. The average molecular weight is 287 g/mol. The summed E-state index contributed by atoms with van der Waals surface area (Å²) in [6, 6.07) is 5.80. The molecule has 2 aliphatic rings. The van der Waals surface area contributed by atoms with Crippen LogP contribution in [-0.4, -0.2) is 24.9 Å². The van der Waals surface area contributed by atoms with E-state index in [1.54, 1.807) is 0 Å². The first kappa shape index (κ1) is 14.1. The summed E-state index contributed by atoms with van der Waals surface area (Å²) < 4.78 is 0. The number of benzene rings is 1. The summed E-state index contributed by atoms with van der Waals surface area (Å²) in [6.07, 6.45) is 2.99. The highest BCUT2D eigenvalue weighted by Gasteiger charge is 2.21. The zero-order valence-corrected chi connectivity index (χ0v) is 12.2. The van der Waals surface area contributed by atoms with Crippen LogP contribution in [0.4, 0.5) is 5.69 Å². The molecule has 1 aromatic carbocycles. The molecule has 0 radical (unpaired) electrons. The molecule has 5 nitrogen and oxygen atoms in total. The molecule has 0 saturated heterocycles. The Bertz CT molecular complexity index is 567. The van der Waals surface area contributed by atoms with Crippen molar-refractivity contribution in [3.63, 3.8) is 0 Å². The van der Waals surface area contributed by atoms with Crippen molar-refractivity contribution >= 4 is 17.5 Å². The van der Waals surface area contributed by atoms with Crippen LogP contribution in [0.15, 0.2) is 18.2 Å². The lowest BCUT2D eigenvalue weighted by Crippen LogP contribution is -2.36. The predicted octanol–water partition coefficient (Wildman–Crippen LogP) is 1.36. The zero-order chi connectivity index (χ0) is 14.8. The summed E-state index contributed by atoms with van der Waals surface area (Å²) in [4.78, 5) is 23.2. The Morgan fingerprint density at radius 3 is 3.00 bits per heavy atom. The van der Waals surface area contributed by atoms with Crippen LogP contribution in [0.5, 0.6) is 0 Å². The van der Waals surface area contributed by atoms with E-state index in [0.717, 1.165) is 29.3 Å². The van der Waals surface area contributed by atoms with Gasteiger partial charge in [-0.05, 0) is 49.4 Å². The van der Waals surface area contributed by atoms with E-state index in [1.165, 1.54) is 12.8 Å². The largest absolute Gasteiger partial charge is 0.348 e. The Hall–Kier alpha value is -1.88. The lowest BCUT2D eigenvalue weighted by atomic mass is 10.0. The number of carbonyl (C=O) groups is 2. The number of nitrogens with one attached hydrogen (secondary N) is 3. The van der Waals surface area contributed by atoms with Crippen LogP contribution in [0, 0.1) is 5.92 Å². The number of hydrogen-bond donors (Lipinski definition) is 3. The van der Waals surface area contributed by atoms with E-state index in [0.29, 0.717) is 13.0 Å². The lowest BCUT2D eigenvalue weighted by Gasteiger charge is -2.15. The zero-order valence-electron chi connectivity index (χ0n) is 12.2. The van der Waals surface area contributed by atoms with Crippen LogP contribution in [0.3, 0.4) is 0 Å². The molecule has 0 aromatic heterocycles. The van der Waals surface area contributed by atoms with Gasteiger partial charge < -0.3 is 16.0 Å². The van der Waals surface area contributed by atoms with Gasteiger partial charge in [0, 0.05) is 5.69 Å². The van der Waals surface area contributed by atoms with Crippen LogP contribution in [0.25, 0.3) is 0 Å². The molecule has 0 spiro atoms. The van der Waals surface area contributed by atoms with Crippen molar-refractivity contribution in [2.45, 2.75) is 32.2 Å². The number of rotatable bonds is 6. The lowest BCUT2D eigenvalue weighted by molar-refractivity contribution is -0.121. The molecule has 1 aliphatic heterocycles. The van der Waals surface area contributed by atoms with Gasteiger partial charge in [0.05, 0.1) is 19.0 Å². The fourth-order valence-corrected chi connectivity index (χ4v) is 2.61. The van der Waals surface area contributed by atoms with E-state index < -0.39 is 0 Å². The van der Waals surface area contributed by atoms with Crippen LogP contribution < -0.4 is 16.0 Å². The van der Waals surface area contributed by atoms with Gasteiger partial charge in [0.25, 0.3) is 0 Å². The summed E-state index contributed by atoms with van der Waals surface area (Å²) in [5, 5.41) is 8.98. The summed E-state index contributed by atoms with van der Waals surface area (Å²) in [7, 11) is 0. The fourth-order valence-electron chi connectivity index (χ4n) is 2.61. The normalized spacial score (nSPS) is 18.0.